The highest BCUT2D eigenvalue weighted by Crippen LogP contribution is 2.30. The molecule has 2 amide bonds. The van der Waals surface area contributed by atoms with Gasteiger partial charge in [-0.3, -0.25) is 9.59 Å². The molecule has 0 aliphatic carbocycles. The molecule has 2 N–H and O–H groups in total. The third-order valence-electron chi connectivity index (χ3n) is 4.83. The van der Waals surface area contributed by atoms with Crippen molar-refractivity contribution in [3.8, 4) is 0 Å². The Morgan fingerprint density at radius 2 is 1.79 bits per heavy atom. The van der Waals surface area contributed by atoms with Crippen LogP contribution in [0.3, 0.4) is 0 Å². The van der Waals surface area contributed by atoms with Crippen LogP contribution in [-0.4, -0.2) is 32.3 Å². The lowest BCUT2D eigenvalue weighted by atomic mass is 10.0. The minimum Gasteiger partial charge on any atom is -0.342 e. The van der Waals surface area contributed by atoms with Crippen LogP contribution in [0.4, 0.5) is 5.69 Å². The van der Waals surface area contributed by atoms with Crippen LogP contribution in [0.2, 0.25) is 20.1 Å². The average Bonchev–Trinajstić information content (AvgIpc) is 3.13. The summed E-state index contributed by atoms with van der Waals surface area (Å²) in [6.45, 7) is 3.91. The van der Waals surface area contributed by atoms with Crippen molar-refractivity contribution in [2.24, 2.45) is 13.0 Å². The molecule has 0 saturated heterocycles. The van der Waals surface area contributed by atoms with Gasteiger partial charge in [-0.15, -0.1) is 10.2 Å². The van der Waals surface area contributed by atoms with Gasteiger partial charge in [0.05, 0.1) is 38.1 Å². The van der Waals surface area contributed by atoms with Gasteiger partial charge in [0, 0.05) is 12.1 Å². The lowest BCUT2D eigenvalue weighted by molar-refractivity contribution is -0.113. The Bertz CT molecular complexity index is 1220. The minimum atomic E-state index is -0.440. The summed E-state index contributed by atoms with van der Waals surface area (Å²) >= 11 is 25.4. The van der Waals surface area contributed by atoms with Gasteiger partial charge >= 0.3 is 0 Å². The Labute approximate surface area is 221 Å². The minimum absolute atomic E-state index is 0.00375. The van der Waals surface area contributed by atoms with Gasteiger partial charge in [0.2, 0.25) is 5.91 Å². The quantitative estimate of drug-likeness (QED) is 0.316. The molecule has 0 aliphatic heterocycles. The van der Waals surface area contributed by atoms with E-state index in [4.69, 9.17) is 46.4 Å². The van der Waals surface area contributed by atoms with Gasteiger partial charge in [0.25, 0.3) is 5.91 Å². The number of hydrogen-bond acceptors (Lipinski definition) is 5. The standard InChI is InChI=1S/C22H21Cl4N5O2S/c1-11(2)19(28-21(33)13-8-7-12(23)9-15(13)25)20-29-30-22(31(20)3)34-10-17(32)27-16-6-4-5-14(24)18(16)26/h4-9,11,19H,10H2,1-3H3,(H,27,32)(H,28,33)/t19-/m1/s1. The summed E-state index contributed by atoms with van der Waals surface area (Å²) in [7, 11) is 1.78. The van der Waals surface area contributed by atoms with Crippen molar-refractivity contribution in [2.45, 2.75) is 25.0 Å². The molecule has 34 heavy (non-hydrogen) atoms. The van der Waals surface area contributed by atoms with E-state index in [0.29, 0.717) is 32.3 Å². The fraction of sp³-hybridized carbons (Fsp3) is 0.273. The SMILES string of the molecule is CC(C)[C@@H](NC(=O)c1ccc(Cl)cc1Cl)c1nnc(SCC(=O)Nc2cccc(Cl)c2Cl)n1C. The number of carbonyl (C=O) groups is 2. The number of benzene rings is 2. The van der Waals surface area contributed by atoms with E-state index in [9.17, 15) is 9.59 Å². The van der Waals surface area contributed by atoms with Crippen LogP contribution in [0.1, 0.15) is 36.1 Å². The molecule has 1 heterocycles. The van der Waals surface area contributed by atoms with Crippen molar-refractivity contribution >= 4 is 75.7 Å². The molecule has 0 aliphatic rings. The number of nitrogens with one attached hydrogen (secondary N) is 2. The molecule has 180 valence electrons. The number of nitrogens with zero attached hydrogens (tertiary/aromatic N) is 3. The maximum atomic E-state index is 12.8. The van der Waals surface area contributed by atoms with E-state index in [-0.39, 0.29) is 33.5 Å². The predicted octanol–water partition coefficient (Wildman–Crippen LogP) is 6.29. The fourth-order valence-corrected chi connectivity index (χ4v) is 4.62. The Morgan fingerprint density at radius 3 is 2.47 bits per heavy atom. The number of thioether (sulfide) groups is 1. The molecule has 0 fully saturated rings. The number of rotatable bonds is 8. The fourth-order valence-electron chi connectivity index (χ4n) is 3.06. The number of hydrogen-bond donors (Lipinski definition) is 2. The van der Waals surface area contributed by atoms with Crippen molar-refractivity contribution < 1.29 is 9.59 Å². The number of halogens is 4. The van der Waals surface area contributed by atoms with Gasteiger partial charge in [0.15, 0.2) is 11.0 Å². The number of carbonyl (C=O) groups excluding carboxylic acids is 2. The van der Waals surface area contributed by atoms with E-state index in [1.54, 1.807) is 41.9 Å². The van der Waals surface area contributed by atoms with Crippen LogP contribution in [0.25, 0.3) is 0 Å². The highest BCUT2D eigenvalue weighted by atomic mass is 35.5. The predicted molar refractivity (Wildman–Crippen MR) is 138 cm³/mol. The molecule has 3 aromatic rings. The van der Waals surface area contributed by atoms with Crippen LogP contribution >= 0.6 is 58.2 Å². The second-order valence-corrected chi connectivity index (χ2v) is 10.2. The highest BCUT2D eigenvalue weighted by Gasteiger charge is 2.26. The third kappa shape index (κ3) is 6.37. The molecule has 7 nitrogen and oxygen atoms in total. The zero-order chi connectivity index (χ0) is 25.0. The number of amides is 2. The summed E-state index contributed by atoms with van der Waals surface area (Å²) in [4.78, 5) is 25.2. The second kappa shape index (κ2) is 11.6. The highest BCUT2D eigenvalue weighted by molar-refractivity contribution is 7.99. The molecule has 0 radical (unpaired) electrons. The molecule has 2 aromatic carbocycles. The molecule has 0 unspecified atom stereocenters. The van der Waals surface area contributed by atoms with E-state index >= 15 is 0 Å². The van der Waals surface area contributed by atoms with Crippen LogP contribution in [0, 0.1) is 5.92 Å². The summed E-state index contributed by atoms with van der Waals surface area (Å²) in [6.07, 6.45) is 0. The third-order valence-corrected chi connectivity index (χ3v) is 7.22. The van der Waals surface area contributed by atoms with Gasteiger partial charge in [-0.05, 0) is 36.2 Å². The van der Waals surface area contributed by atoms with Crippen molar-refractivity contribution in [3.05, 3.63) is 67.9 Å². The Morgan fingerprint density at radius 1 is 1.06 bits per heavy atom. The van der Waals surface area contributed by atoms with Crippen LogP contribution < -0.4 is 10.6 Å². The summed E-state index contributed by atoms with van der Waals surface area (Å²) in [5, 5.41) is 16.0. The Kier molecular flexibility index (Phi) is 9.12. The Balaban J connectivity index is 1.69. The van der Waals surface area contributed by atoms with Crippen LogP contribution in [0.5, 0.6) is 0 Å². The lowest BCUT2D eigenvalue weighted by Gasteiger charge is -2.22. The van der Waals surface area contributed by atoms with Gasteiger partial charge in [0.1, 0.15) is 0 Å². The molecular formula is C22H21Cl4N5O2S. The number of aromatic nitrogens is 3. The first-order chi connectivity index (χ1) is 16.1. The topological polar surface area (TPSA) is 88.9 Å². The molecule has 12 heteroatoms. The van der Waals surface area contributed by atoms with Crippen molar-refractivity contribution in [2.75, 3.05) is 11.1 Å². The van der Waals surface area contributed by atoms with Crippen LogP contribution in [-0.2, 0) is 11.8 Å². The largest absolute Gasteiger partial charge is 0.342 e. The summed E-state index contributed by atoms with van der Waals surface area (Å²) < 4.78 is 1.75. The second-order valence-electron chi connectivity index (χ2n) is 7.66. The van der Waals surface area contributed by atoms with Gasteiger partial charge in [-0.1, -0.05) is 78.1 Å². The van der Waals surface area contributed by atoms with E-state index in [0.717, 1.165) is 0 Å². The molecular weight excluding hydrogens is 540 g/mol. The molecule has 0 saturated carbocycles. The summed E-state index contributed by atoms with van der Waals surface area (Å²) in [5.41, 5.74) is 0.742. The maximum Gasteiger partial charge on any atom is 0.253 e. The molecule has 0 bridgehead atoms. The van der Waals surface area contributed by atoms with Crippen molar-refractivity contribution in [3.63, 3.8) is 0 Å². The molecule has 1 atom stereocenters. The normalized spacial score (nSPS) is 12.0. The lowest BCUT2D eigenvalue weighted by Crippen LogP contribution is -2.33. The molecule has 3 rings (SSSR count). The Hall–Kier alpha value is -1.97. The summed E-state index contributed by atoms with van der Waals surface area (Å²) in [5.74, 6) is 0.00639. The van der Waals surface area contributed by atoms with E-state index < -0.39 is 6.04 Å². The van der Waals surface area contributed by atoms with Crippen LogP contribution in [0.15, 0.2) is 41.6 Å². The van der Waals surface area contributed by atoms with Gasteiger partial charge in [-0.25, -0.2) is 0 Å². The van der Waals surface area contributed by atoms with Gasteiger partial charge in [-0.2, -0.15) is 0 Å². The van der Waals surface area contributed by atoms with E-state index in [2.05, 4.69) is 20.8 Å². The zero-order valence-corrected chi connectivity index (χ0v) is 22.2. The zero-order valence-electron chi connectivity index (χ0n) is 18.4. The molecule has 1 aromatic heterocycles. The van der Waals surface area contributed by atoms with Gasteiger partial charge < -0.3 is 15.2 Å². The van der Waals surface area contributed by atoms with E-state index in [1.165, 1.54) is 17.8 Å². The average molecular weight is 561 g/mol. The first-order valence-corrected chi connectivity index (χ1v) is 12.6. The number of anilines is 1. The first kappa shape index (κ1) is 26.6. The van der Waals surface area contributed by atoms with Crippen molar-refractivity contribution in [1.29, 1.82) is 0 Å². The monoisotopic (exact) mass is 559 g/mol. The van der Waals surface area contributed by atoms with Crippen molar-refractivity contribution in [1.82, 2.24) is 20.1 Å². The smallest absolute Gasteiger partial charge is 0.253 e. The first-order valence-electron chi connectivity index (χ1n) is 10.1. The molecule has 0 spiro atoms. The maximum absolute atomic E-state index is 12.8. The van der Waals surface area contributed by atoms with E-state index in [1.807, 2.05) is 13.8 Å². The summed E-state index contributed by atoms with van der Waals surface area (Å²) in [6, 6.07) is 9.25.